The highest BCUT2D eigenvalue weighted by Gasteiger charge is 2.18. The van der Waals surface area contributed by atoms with Crippen LogP contribution in [-0.2, 0) is 12.8 Å². The molecule has 0 saturated carbocycles. The minimum absolute atomic E-state index is 0.275. The van der Waals surface area contributed by atoms with Crippen LogP contribution in [0.15, 0.2) is 18.2 Å². The van der Waals surface area contributed by atoms with Crippen molar-refractivity contribution in [2.45, 2.75) is 25.7 Å². The largest absolute Gasteiger partial charge is 0.497 e. The molecule has 1 atom stereocenters. The van der Waals surface area contributed by atoms with Crippen molar-refractivity contribution in [2.75, 3.05) is 26.8 Å². The van der Waals surface area contributed by atoms with Gasteiger partial charge in [-0.2, -0.15) is 0 Å². The molecule has 0 aliphatic heterocycles. The minimum atomic E-state index is 0.275. The molecule has 0 amide bonds. The van der Waals surface area contributed by atoms with Crippen LogP contribution >= 0.6 is 0 Å². The Morgan fingerprint density at radius 2 is 2.28 bits per heavy atom. The summed E-state index contributed by atoms with van der Waals surface area (Å²) in [6.45, 7) is 2.24. The first-order valence-corrected chi connectivity index (χ1v) is 6.81. The van der Waals surface area contributed by atoms with Crippen LogP contribution in [0.3, 0.4) is 0 Å². The number of aryl methyl sites for hydroxylation is 1. The van der Waals surface area contributed by atoms with Crippen molar-refractivity contribution in [3.8, 4) is 5.75 Å². The van der Waals surface area contributed by atoms with Gasteiger partial charge >= 0.3 is 0 Å². The molecule has 1 aromatic rings. The normalized spacial score (nSPS) is 18.4. The molecule has 0 radical (unpaired) electrons. The van der Waals surface area contributed by atoms with Gasteiger partial charge in [0.1, 0.15) is 5.75 Å². The Bertz CT molecular complexity index is 379. The lowest BCUT2D eigenvalue weighted by Crippen LogP contribution is -2.28. The van der Waals surface area contributed by atoms with Crippen LogP contribution < -0.4 is 10.1 Å². The summed E-state index contributed by atoms with van der Waals surface area (Å²) in [5.41, 5.74) is 2.91. The Hall–Kier alpha value is -1.06. The van der Waals surface area contributed by atoms with Gasteiger partial charge in [0.05, 0.1) is 7.11 Å². The molecule has 3 nitrogen and oxygen atoms in total. The van der Waals surface area contributed by atoms with Crippen LogP contribution in [0.4, 0.5) is 0 Å². The Balaban J connectivity index is 1.88. The Morgan fingerprint density at radius 1 is 1.39 bits per heavy atom. The van der Waals surface area contributed by atoms with Gasteiger partial charge in [0, 0.05) is 6.61 Å². The smallest absolute Gasteiger partial charge is 0.119 e. The molecule has 0 aromatic heterocycles. The van der Waals surface area contributed by atoms with Gasteiger partial charge in [-0.05, 0) is 68.0 Å². The number of ether oxygens (including phenoxy) is 1. The molecule has 1 aliphatic carbocycles. The van der Waals surface area contributed by atoms with Crippen molar-refractivity contribution in [3.63, 3.8) is 0 Å². The fourth-order valence-electron chi connectivity index (χ4n) is 2.62. The monoisotopic (exact) mass is 249 g/mol. The number of hydrogen-bond donors (Lipinski definition) is 2. The van der Waals surface area contributed by atoms with Crippen molar-refractivity contribution in [2.24, 2.45) is 5.92 Å². The second-order valence-corrected chi connectivity index (χ2v) is 5.02. The molecule has 0 fully saturated rings. The molecule has 2 rings (SSSR count). The SMILES string of the molecule is COc1ccc2c(c1)C[C@@H](CNCCCO)CC2. The van der Waals surface area contributed by atoms with Crippen LogP contribution in [0.1, 0.15) is 24.0 Å². The van der Waals surface area contributed by atoms with Crippen LogP contribution in [-0.4, -0.2) is 31.9 Å². The molecule has 1 aliphatic rings. The summed E-state index contributed by atoms with van der Waals surface area (Å²) in [5.74, 6) is 1.67. The van der Waals surface area contributed by atoms with Crippen molar-refractivity contribution in [3.05, 3.63) is 29.3 Å². The van der Waals surface area contributed by atoms with Gasteiger partial charge in [0.25, 0.3) is 0 Å². The molecule has 0 heterocycles. The summed E-state index contributed by atoms with van der Waals surface area (Å²) in [5, 5.41) is 12.2. The molecule has 0 saturated heterocycles. The second-order valence-electron chi connectivity index (χ2n) is 5.02. The predicted molar refractivity (Wildman–Crippen MR) is 73.1 cm³/mol. The van der Waals surface area contributed by atoms with Gasteiger partial charge < -0.3 is 15.2 Å². The third kappa shape index (κ3) is 3.47. The van der Waals surface area contributed by atoms with Crippen molar-refractivity contribution in [1.82, 2.24) is 5.32 Å². The minimum Gasteiger partial charge on any atom is -0.497 e. The Morgan fingerprint density at radius 3 is 3.06 bits per heavy atom. The van der Waals surface area contributed by atoms with E-state index in [1.165, 1.54) is 24.0 Å². The zero-order chi connectivity index (χ0) is 12.8. The van der Waals surface area contributed by atoms with E-state index >= 15 is 0 Å². The summed E-state index contributed by atoms with van der Waals surface area (Å²) in [7, 11) is 1.72. The van der Waals surface area contributed by atoms with Gasteiger partial charge in [-0.15, -0.1) is 0 Å². The number of nitrogens with one attached hydrogen (secondary N) is 1. The van der Waals surface area contributed by atoms with E-state index in [1.807, 2.05) is 0 Å². The van der Waals surface area contributed by atoms with E-state index in [1.54, 1.807) is 7.11 Å². The van der Waals surface area contributed by atoms with E-state index in [0.717, 1.165) is 31.7 Å². The number of aliphatic hydroxyl groups is 1. The topological polar surface area (TPSA) is 41.5 Å². The quantitative estimate of drug-likeness (QED) is 0.755. The van der Waals surface area contributed by atoms with Crippen LogP contribution in [0.25, 0.3) is 0 Å². The molecule has 2 N–H and O–H groups in total. The molecule has 3 heteroatoms. The number of hydrogen-bond acceptors (Lipinski definition) is 3. The van der Waals surface area contributed by atoms with Gasteiger partial charge in [-0.1, -0.05) is 6.07 Å². The third-order valence-corrected chi connectivity index (χ3v) is 3.69. The Labute approximate surface area is 109 Å². The second kappa shape index (κ2) is 6.76. The fourth-order valence-corrected chi connectivity index (χ4v) is 2.62. The maximum atomic E-state index is 8.74. The summed E-state index contributed by atoms with van der Waals surface area (Å²) in [6, 6.07) is 6.43. The highest BCUT2D eigenvalue weighted by atomic mass is 16.5. The van der Waals surface area contributed by atoms with E-state index < -0.39 is 0 Å². The zero-order valence-electron chi connectivity index (χ0n) is 11.1. The summed E-state index contributed by atoms with van der Waals surface area (Å²) >= 11 is 0. The molecule has 0 bridgehead atoms. The fraction of sp³-hybridized carbons (Fsp3) is 0.600. The van der Waals surface area contributed by atoms with Crippen molar-refractivity contribution >= 4 is 0 Å². The standard InChI is InChI=1S/C15H23NO2/c1-18-15-6-5-13-4-3-12(9-14(13)10-15)11-16-7-2-8-17/h5-6,10,12,16-17H,2-4,7-9,11H2,1H3/t12-/m0/s1. The van der Waals surface area contributed by atoms with Gasteiger partial charge in [0.2, 0.25) is 0 Å². The third-order valence-electron chi connectivity index (χ3n) is 3.69. The zero-order valence-corrected chi connectivity index (χ0v) is 11.1. The number of methoxy groups -OCH3 is 1. The van der Waals surface area contributed by atoms with E-state index in [0.29, 0.717) is 5.92 Å². The lowest BCUT2D eigenvalue weighted by Gasteiger charge is -2.25. The first-order valence-electron chi connectivity index (χ1n) is 6.81. The molecular formula is C15H23NO2. The molecule has 18 heavy (non-hydrogen) atoms. The van der Waals surface area contributed by atoms with Gasteiger partial charge in [-0.25, -0.2) is 0 Å². The van der Waals surface area contributed by atoms with Crippen molar-refractivity contribution in [1.29, 1.82) is 0 Å². The molecule has 0 spiro atoms. The highest BCUT2D eigenvalue weighted by Crippen LogP contribution is 2.28. The van der Waals surface area contributed by atoms with E-state index in [4.69, 9.17) is 9.84 Å². The number of benzene rings is 1. The summed E-state index contributed by atoms with van der Waals surface area (Å²) in [4.78, 5) is 0. The number of rotatable bonds is 6. The highest BCUT2D eigenvalue weighted by molar-refractivity contribution is 5.37. The Kier molecular flexibility index (Phi) is 5.02. The molecule has 100 valence electrons. The van der Waals surface area contributed by atoms with Crippen LogP contribution in [0.2, 0.25) is 0 Å². The van der Waals surface area contributed by atoms with Crippen LogP contribution in [0.5, 0.6) is 5.75 Å². The predicted octanol–water partition coefficient (Wildman–Crippen LogP) is 1.77. The molecule has 1 aromatic carbocycles. The number of fused-ring (bicyclic) bond motifs is 1. The molecule has 0 unspecified atom stereocenters. The average molecular weight is 249 g/mol. The molecular weight excluding hydrogens is 226 g/mol. The van der Waals surface area contributed by atoms with E-state index in [2.05, 4.69) is 23.5 Å². The van der Waals surface area contributed by atoms with E-state index in [9.17, 15) is 0 Å². The average Bonchev–Trinajstić information content (AvgIpc) is 2.42. The van der Waals surface area contributed by atoms with E-state index in [-0.39, 0.29) is 6.61 Å². The lowest BCUT2D eigenvalue weighted by molar-refractivity contribution is 0.283. The van der Waals surface area contributed by atoms with Gasteiger partial charge in [0.15, 0.2) is 0 Å². The number of aliphatic hydroxyl groups excluding tert-OH is 1. The maximum Gasteiger partial charge on any atom is 0.119 e. The van der Waals surface area contributed by atoms with Crippen molar-refractivity contribution < 1.29 is 9.84 Å². The van der Waals surface area contributed by atoms with Gasteiger partial charge in [-0.3, -0.25) is 0 Å². The summed E-state index contributed by atoms with van der Waals surface area (Å²) < 4.78 is 5.29. The first kappa shape index (κ1) is 13.4. The van der Waals surface area contributed by atoms with Crippen LogP contribution in [0, 0.1) is 5.92 Å². The maximum absolute atomic E-state index is 8.74. The first-order chi connectivity index (χ1) is 8.83. The lowest BCUT2D eigenvalue weighted by atomic mass is 9.84. The summed E-state index contributed by atoms with van der Waals surface area (Å²) in [6.07, 6.45) is 4.41.